The van der Waals surface area contributed by atoms with E-state index in [4.69, 9.17) is 4.74 Å². The van der Waals surface area contributed by atoms with Crippen LogP contribution >= 0.6 is 0 Å². The van der Waals surface area contributed by atoms with Gasteiger partial charge in [0.15, 0.2) is 6.61 Å². The molecule has 0 saturated carbocycles. The van der Waals surface area contributed by atoms with Crippen LogP contribution in [0.2, 0.25) is 0 Å². The normalized spacial score (nSPS) is 19.7. The Kier molecular flexibility index (Phi) is 8.49. The molecule has 4 rings (SSSR count). The quantitative estimate of drug-likeness (QED) is 0.322. The smallest absolute Gasteiger partial charge is 0.344 e. The molecule has 40 heavy (non-hydrogen) atoms. The molecule has 0 aliphatic carbocycles. The van der Waals surface area contributed by atoms with Crippen molar-refractivity contribution in [2.24, 2.45) is 0 Å². The standard InChI is InChI=1S/C26H29N5O8S/c1-26(19-8-4-2-5-9-19)24(35)31(25(36)27-26)28-21(32)18-39-23(34)13-12-22(33)29-14-16-30(17-15-29)40(37,38)20-10-6-3-7-11-20/h2-11H,12-18H2,1H3,(H,27,36)(H,28,32)/t26-/m1/s1. The van der Waals surface area contributed by atoms with Gasteiger partial charge in [-0.1, -0.05) is 48.5 Å². The Morgan fingerprint density at radius 1 is 0.925 bits per heavy atom. The molecule has 1 atom stereocenters. The maximum Gasteiger partial charge on any atom is 0.344 e. The fourth-order valence-corrected chi connectivity index (χ4v) is 5.81. The third-order valence-electron chi connectivity index (χ3n) is 6.66. The highest BCUT2D eigenvalue weighted by Crippen LogP contribution is 2.27. The summed E-state index contributed by atoms with van der Waals surface area (Å²) < 4.78 is 31.7. The number of sulfonamides is 1. The van der Waals surface area contributed by atoms with Crippen LogP contribution in [-0.4, -0.2) is 85.1 Å². The first-order valence-electron chi connectivity index (χ1n) is 12.5. The summed E-state index contributed by atoms with van der Waals surface area (Å²) >= 11 is 0. The van der Waals surface area contributed by atoms with Gasteiger partial charge in [-0.05, 0) is 24.6 Å². The van der Waals surface area contributed by atoms with Gasteiger partial charge in [0.1, 0.15) is 5.54 Å². The first kappa shape index (κ1) is 28.7. The molecular weight excluding hydrogens is 542 g/mol. The molecule has 2 aromatic carbocycles. The molecule has 2 aromatic rings. The van der Waals surface area contributed by atoms with Crippen LogP contribution in [0.5, 0.6) is 0 Å². The average molecular weight is 572 g/mol. The van der Waals surface area contributed by atoms with Gasteiger partial charge in [-0.2, -0.15) is 9.31 Å². The lowest BCUT2D eigenvalue weighted by atomic mass is 9.92. The maximum absolute atomic E-state index is 12.8. The van der Waals surface area contributed by atoms with Crippen LogP contribution in [0.1, 0.15) is 25.3 Å². The van der Waals surface area contributed by atoms with E-state index >= 15 is 0 Å². The molecule has 0 bridgehead atoms. The number of rotatable bonds is 9. The van der Waals surface area contributed by atoms with Crippen molar-refractivity contribution in [1.82, 2.24) is 25.0 Å². The Bertz CT molecular complexity index is 1390. The zero-order valence-corrected chi connectivity index (χ0v) is 22.6. The number of nitrogens with zero attached hydrogens (tertiary/aromatic N) is 3. The van der Waals surface area contributed by atoms with E-state index in [-0.39, 0.29) is 49.8 Å². The zero-order chi connectivity index (χ0) is 28.9. The number of carbonyl (C=O) groups is 5. The summed E-state index contributed by atoms with van der Waals surface area (Å²) in [6.07, 6.45) is -0.488. The van der Waals surface area contributed by atoms with Crippen LogP contribution in [0.3, 0.4) is 0 Å². The molecule has 2 aliphatic rings. The van der Waals surface area contributed by atoms with Crippen LogP contribution in [0.4, 0.5) is 4.79 Å². The summed E-state index contributed by atoms with van der Waals surface area (Å²) in [5.74, 6) is -2.78. The molecule has 2 fully saturated rings. The first-order chi connectivity index (χ1) is 19.0. The molecule has 14 heteroatoms. The van der Waals surface area contributed by atoms with Crippen molar-refractivity contribution in [1.29, 1.82) is 0 Å². The Morgan fingerprint density at radius 2 is 1.52 bits per heavy atom. The minimum atomic E-state index is -3.65. The number of hydrogen-bond donors (Lipinski definition) is 2. The van der Waals surface area contributed by atoms with E-state index < -0.39 is 46.0 Å². The fraction of sp³-hybridized carbons (Fsp3) is 0.346. The minimum Gasteiger partial charge on any atom is -0.455 e. The van der Waals surface area contributed by atoms with E-state index in [1.807, 2.05) is 0 Å². The van der Waals surface area contributed by atoms with Gasteiger partial charge in [-0.3, -0.25) is 24.6 Å². The van der Waals surface area contributed by atoms with Crippen LogP contribution in [-0.2, 0) is 39.5 Å². The molecular formula is C26H29N5O8S. The molecule has 0 aromatic heterocycles. The highest BCUT2D eigenvalue weighted by Gasteiger charge is 2.50. The van der Waals surface area contributed by atoms with Crippen LogP contribution in [0.25, 0.3) is 0 Å². The van der Waals surface area contributed by atoms with Gasteiger partial charge < -0.3 is 15.0 Å². The molecule has 5 amide bonds. The van der Waals surface area contributed by atoms with Crippen molar-refractivity contribution in [2.75, 3.05) is 32.8 Å². The van der Waals surface area contributed by atoms with Gasteiger partial charge in [0.25, 0.3) is 11.8 Å². The van der Waals surface area contributed by atoms with Gasteiger partial charge in [-0.15, -0.1) is 0 Å². The number of piperazine rings is 1. The maximum atomic E-state index is 12.8. The summed E-state index contributed by atoms with van der Waals surface area (Å²) in [6, 6.07) is 15.7. The summed E-state index contributed by atoms with van der Waals surface area (Å²) in [5.41, 5.74) is 1.28. The van der Waals surface area contributed by atoms with E-state index in [1.165, 1.54) is 28.3 Å². The molecule has 2 saturated heterocycles. The summed E-state index contributed by atoms with van der Waals surface area (Å²) in [5, 5.41) is 3.07. The Labute approximate surface area is 231 Å². The van der Waals surface area contributed by atoms with E-state index in [0.717, 1.165) is 0 Å². The number of nitrogens with one attached hydrogen (secondary N) is 2. The third-order valence-corrected chi connectivity index (χ3v) is 8.57. The molecule has 2 N–H and O–H groups in total. The SMILES string of the molecule is C[C@]1(c2ccccc2)NC(=O)N(NC(=O)COC(=O)CCC(=O)N2CCN(S(=O)(=O)c3ccccc3)CC2)C1=O. The van der Waals surface area contributed by atoms with E-state index in [9.17, 15) is 32.4 Å². The molecule has 212 valence electrons. The minimum absolute atomic E-state index is 0.125. The number of hydrazine groups is 1. The van der Waals surface area contributed by atoms with Gasteiger partial charge in [0.2, 0.25) is 15.9 Å². The number of esters is 1. The van der Waals surface area contributed by atoms with Crippen molar-refractivity contribution < 1.29 is 37.1 Å². The lowest BCUT2D eigenvalue weighted by molar-refractivity contribution is -0.151. The van der Waals surface area contributed by atoms with E-state index in [2.05, 4.69) is 10.7 Å². The first-order valence-corrected chi connectivity index (χ1v) is 14.0. The largest absolute Gasteiger partial charge is 0.455 e. The molecule has 13 nitrogen and oxygen atoms in total. The summed E-state index contributed by atoms with van der Waals surface area (Å²) in [6.45, 7) is 1.35. The van der Waals surface area contributed by atoms with Crippen molar-refractivity contribution in [2.45, 2.75) is 30.2 Å². The van der Waals surface area contributed by atoms with Gasteiger partial charge in [0, 0.05) is 32.6 Å². The molecule has 0 spiro atoms. The number of ether oxygens (including phenoxy) is 1. The van der Waals surface area contributed by atoms with Gasteiger partial charge in [-0.25, -0.2) is 13.2 Å². The number of benzene rings is 2. The molecule has 0 radical (unpaired) electrons. The second kappa shape index (κ2) is 11.8. The number of hydrogen-bond acceptors (Lipinski definition) is 8. The zero-order valence-electron chi connectivity index (χ0n) is 21.7. The molecule has 2 aliphatic heterocycles. The highest BCUT2D eigenvalue weighted by molar-refractivity contribution is 7.89. The second-order valence-corrected chi connectivity index (χ2v) is 11.3. The Hall–Kier alpha value is -4.30. The lowest BCUT2D eigenvalue weighted by Gasteiger charge is -2.34. The monoisotopic (exact) mass is 571 g/mol. The molecule has 2 heterocycles. The molecule has 0 unspecified atom stereocenters. The van der Waals surface area contributed by atoms with Crippen molar-refractivity contribution >= 4 is 39.7 Å². The van der Waals surface area contributed by atoms with Crippen molar-refractivity contribution in [3.05, 3.63) is 66.2 Å². The number of amides is 5. The average Bonchev–Trinajstić information content (AvgIpc) is 3.19. The highest BCUT2D eigenvalue weighted by atomic mass is 32.2. The van der Waals surface area contributed by atoms with Crippen molar-refractivity contribution in [3.8, 4) is 0 Å². The van der Waals surface area contributed by atoms with Gasteiger partial charge >= 0.3 is 12.0 Å². The van der Waals surface area contributed by atoms with Crippen LogP contribution in [0.15, 0.2) is 65.6 Å². The topological polar surface area (TPSA) is 162 Å². The lowest BCUT2D eigenvalue weighted by Crippen LogP contribution is -2.50. The number of urea groups is 1. The van der Waals surface area contributed by atoms with Gasteiger partial charge in [0.05, 0.1) is 11.3 Å². The fourth-order valence-electron chi connectivity index (χ4n) is 4.37. The second-order valence-electron chi connectivity index (χ2n) is 9.36. The Morgan fingerprint density at radius 3 is 2.15 bits per heavy atom. The predicted octanol–water partition coefficient (Wildman–Crippen LogP) is 0.341. The van der Waals surface area contributed by atoms with Crippen molar-refractivity contribution in [3.63, 3.8) is 0 Å². The third kappa shape index (κ3) is 6.13. The Balaban J connectivity index is 1.18. The number of carbonyl (C=O) groups excluding carboxylic acids is 5. The summed E-state index contributed by atoms with van der Waals surface area (Å²) in [4.78, 5) is 63.7. The number of imide groups is 1. The van der Waals surface area contributed by atoms with E-state index in [0.29, 0.717) is 10.6 Å². The van der Waals surface area contributed by atoms with E-state index in [1.54, 1.807) is 48.5 Å². The van der Waals surface area contributed by atoms with Crippen LogP contribution in [0, 0.1) is 0 Å². The summed E-state index contributed by atoms with van der Waals surface area (Å²) in [7, 11) is -3.65. The predicted molar refractivity (Wildman–Crippen MR) is 139 cm³/mol. The van der Waals surface area contributed by atoms with Crippen LogP contribution < -0.4 is 10.7 Å².